The van der Waals surface area contributed by atoms with Crippen molar-refractivity contribution in [3.8, 4) is 5.69 Å². The molecule has 0 radical (unpaired) electrons. The second-order valence-corrected chi connectivity index (χ2v) is 7.48. The van der Waals surface area contributed by atoms with Crippen LogP contribution in [0.3, 0.4) is 0 Å². The van der Waals surface area contributed by atoms with Crippen LogP contribution in [0.4, 0.5) is 4.39 Å². The van der Waals surface area contributed by atoms with E-state index in [0.717, 1.165) is 17.1 Å². The van der Waals surface area contributed by atoms with Crippen LogP contribution in [0.1, 0.15) is 29.2 Å². The molecule has 4 heterocycles. The zero-order valence-electron chi connectivity index (χ0n) is 16.0. The Hall–Kier alpha value is -3.45. The first-order valence-corrected chi connectivity index (χ1v) is 10.1. The molecule has 1 aliphatic heterocycles. The van der Waals surface area contributed by atoms with E-state index < -0.39 is 0 Å². The highest BCUT2D eigenvalue weighted by Gasteiger charge is 2.41. The van der Waals surface area contributed by atoms with Crippen molar-refractivity contribution in [3.05, 3.63) is 108 Å². The van der Waals surface area contributed by atoms with Crippen LogP contribution in [0.2, 0.25) is 0 Å². The van der Waals surface area contributed by atoms with Crippen LogP contribution in [0.15, 0.2) is 89.8 Å². The van der Waals surface area contributed by atoms with Crippen molar-refractivity contribution in [2.75, 3.05) is 0 Å². The van der Waals surface area contributed by atoms with E-state index in [1.165, 1.54) is 6.07 Å². The first-order valence-electron chi connectivity index (χ1n) is 9.65. The molecular formula is C23H19FN4OS. The molecule has 1 aliphatic rings. The Kier molecular flexibility index (Phi) is 4.80. The van der Waals surface area contributed by atoms with E-state index in [9.17, 15) is 4.39 Å². The molecule has 2 atom stereocenters. The van der Waals surface area contributed by atoms with Crippen molar-refractivity contribution in [2.24, 2.45) is 0 Å². The maximum absolute atomic E-state index is 14.6. The average molecular weight is 418 g/mol. The average Bonchev–Trinajstić information content (AvgIpc) is 3.51. The van der Waals surface area contributed by atoms with Gasteiger partial charge in [-0.2, -0.15) is 0 Å². The minimum absolute atomic E-state index is 0.186. The fourth-order valence-corrected chi connectivity index (χ4v) is 4.27. The van der Waals surface area contributed by atoms with Crippen molar-refractivity contribution in [1.29, 1.82) is 0 Å². The molecule has 0 bridgehead atoms. The molecule has 0 amide bonds. The summed E-state index contributed by atoms with van der Waals surface area (Å²) in [4.78, 5) is 6.62. The summed E-state index contributed by atoms with van der Waals surface area (Å²) >= 11 is 5.69. The zero-order chi connectivity index (χ0) is 20.5. The summed E-state index contributed by atoms with van der Waals surface area (Å²) in [6.45, 7) is 0.495. The molecule has 1 N–H and O–H groups in total. The quantitative estimate of drug-likeness (QED) is 0.473. The normalized spacial score (nSPS) is 18.6. The number of rotatable bonds is 5. The van der Waals surface area contributed by atoms with Gasteiger partial charge >= 0.3 is 0 Å². The van der Waals surface area contributed by atoms with Crippen molar-refractivity contribution in [3.63, 3.8) is 0 Å². The number of halogens is 1. The molecule has 3 aromatic heterocycles. The van der Waals surface area contributed by atoms with Gasteiger partial charge in [0.25, 0.3) is 0 Å². The van der Waals surface area contributed by atoms with Gasteiger partial charge in [-0.15, -0.1) is 0 Å². The van der Waals surface area contributed by atoms with Crippen LogP contribution in [0, 0.1) is 5.82 Å². The van der Waals surface area contributed by atoms with E-state index in [1.54, 1.807) is 24.6 Å². The Bertz CT molecular complexity index is 1160. The molecule has 0 aliphatic carbocycles. The molecule has 1 aromatic carbocycles. The lowest BCUT2D eigenvalue weighted by Gasteiger charge is -2.28. The Labute approximate surface area is 178 Å². The third-order valence-electron chi connectivity index (χ3n) is 5.30. The minimum atomic E-state index is -0.282. The van der Waals surface area contributed by atoms with E-state index in [1.807, 2.05) is 59.3 Å². The summed E-state index contributed by atoms with van der Waals surface area (Å²) in [5.74, 6) is 0.519. The highest BCUT2D eigenvalue weighted by molar-refractivity contribution is 7.80. The summed E-state index contributed by atoms with van der Waals surface area (Å²) in [5.41, 5.74) is 2.27. The van der Waals surface area contributed by atoms with Gasteiger partial charge in [0.2, 0.25) is 0 Å². The highest BCUT2D eigenvalue weighted by atomic mass is 32.1. The number of nitrogens with one attached hydrogen (secondary N) is 1. The summed E-state index contributed by atoms with van der Waals surface area (Å²) < 4.78 is 22.1. The van der Waals surface area contributed by atoms with Crippen molar-refractivity contribution in [2.45, 2.75) is 18.6 Å². The number of para-hydroxylation sites is 1. The molecule has 1 fully saturated rings. The summed E-state index contributed by atoms with van der Waals surface area (Å²) in [5, 5.41) is 4.02. The molecule has 4 aromatic rings. The molecule has 5 rings (SSSR count). The lowest BCUT2D eigenvalue weighted by Crippen LogP contribution is -2.29. The number of furan rings is 1. The number of hydrogen-bond donors (Lipinski definition) is 1. The SMILES string of the molecule is Fc1ccccc1-n1cccc1[C@H]1[C@@H](c2ccccn2)NC(=S)N1Cc1ccco1. The fraction of sp³-hybridized carbons (Fsp3) is 0.130. The third-order valence-corrected chi connectivity index (χ3v) is 5.65. The topological polar surface area (TPSA) is 46.2 Å². The molecule has 150 valence electrons. The van der Waals surface area contributed by atoms with Gasteiger partial charge in [0, 0.05) is 18.1 Å². The van der Waals surface area contributed by atoms with E-state index in [2.05, 4.69) is 15.2 Å². The first kappa shape index (κ1) is 18.6. The molecule has 0 spiro atoms. The van der Waals surface area contributed by atoms with Gasteiger partial charge < -0.3 is 19.2 Å². The van der Waals surface area contributed by atoms with Crippen LogP contribution >= 0.6 is 12.2 Å². The largest absolute Gasteiger partial charge is 0.467 e. The van der Waals surface area contributed by atoms with Crippen molar-refractivity contribution < 1.29 is 8.81 Å². The smallest absolute Gasteiger partial charge is 0.170 e. The van der Waals surface area contributed by atoms with Crippen LogP contribution < -0.4 is 5.32 Å². The Morgan fingerprint density at radius 2 is 1.90 bits per heavy atom. The predicted octanol–water partition coefficient (Wildman–Crippen LogP) is 4.78. The van der Waals surface area contributed by atoms with Gasteiger partial charge in [0.1, 0.15) is 11.6 Å². The standard InChI is InChI=1S/C23H19FN4OS/c24-17-8-1-2-10-19(17)27-13-5-11-20(27)22-21(18-9-3-4-12-25-18)26-23(30)28(22)15-16-7-6-14-29-16/h1-14,21-22H,15H2,(H,26,30)/t21-,22+/m1/s1. The molecular weight excluding hydrogens is 399 g/mol. The number of benzene rings is 1. The fourth-order valence-electron chi connectivity index (χ4n) is 3.97. The second kappa shape index (κ2) is 7.76. The van der Waals surface area contributed by atoms with Crippen LogP contribution in [0.5, 0.6) is 0 Å². The van der Waals surface area contributed by atoms with Gasteiger partial charge in [-0.05, 0) is 60.7 Å². The molecule has 5 nitrogen and oxygen atoms in total. The van der Waals surface area contributed by atoms with Gasteiger partial charge in [0.05, 0.1) is 36.3 Å². The third kappa shape index (κ3) is 3.27. The molecule has 7 heteroatoms. The predicted molar refractivity (Wildman–Crippen MR) is 115 cm³/mol. The lowest BCUT2D eigenvalue weighted by molar-refractivity contribution is 0.280. The van der Waals surface area contributed by atoms with Gasteiger partial charge in [0.15, 0.2) is 5.11 Å². The second-order valence-electron chi connectivity index (χ2n) is 7.09. The van der Waals surface area contributed by atoms with Crippen molar-refractivity contribution in [1.82, 2.24) is 19.8 Å². The number of nitrogens with zero attached hydrogens (tertiary/aromatic N) is 3. The molecule has 1 saturated heterocycles. The summed E-state index contributed by atoms with van der Waals surface area (Å²) in [6.07, 6.45) is 5.28. The number of pyridine rings is 1. The highest BCUT2D eigenvalue weighted by Crippen LogP contribution is 2.40. The molecule has 30 heavy (non-hydrogen) atoms. The van der Waals surface area contributed by atoms with Crippen LogP contribution in [-0.2, 0) is 6.54 Å². The molecule has 0 unspecified atom stereocenters. The van der Waals surface area contributed by atoms with E-state index in [4.69, 9.17) is 16.6 Å². The number of thiocarbonyl (C=S) groups is 1. The van der Waals surface area contributed by atoms with E-state index >= 15 is 0 Å². The monoisotopic (exact) mass is 418 g/mol. The summed E-state index contributed by atoms with van der Waals surface area (Å²) in [6, 6.07) is 19.9. The Morgan fingerprint density at radius 1 is 1.03 bits per heavy atom. The lowest BCUT2D eigenvalue weighted by atomic mass is 10.0. The minimum Gasteiger partial charge on any atom is -0.467 e. The number of hydrogen-bond acceptors (Lipinski definition) is 3. The first-order chi connectivity index (χ1) is 14.7. The Balaban J connectivity index is 1.62. The van der Waals surface area contributed by atoms with Gasteiger partial charge in [-0.3, -0.25) is 4.98 Å². The number of aromatic nitrogens is 2. The van der Waals surface area contributed by atoms with E-state index in [0.29, 0.717) is 17.3 Å². The van der Waals surface area contributed by atoms with Gasteiger partial charge in [-0.1, -0.05) is 18.2 Å². The van der Waals surface area contributed by atoms with Gasteiger partial charge in [-0.25, -0.2) is 4.39 Å². The zero-order valence-corrected chi connectivity index (χ0v) is 16.8. The Morgan fingerprint density at radius 3 is 2.67 bits per heavy atom. The van der Waals surface area contributed by atoms with E-state index in [-0.39, 0.29) is 17.9 Å². The van der Waals surface area contributed by atoms with Crippen LogP contribution in [-0.4, -0.2) is 19.6 Å². The van der Waals surface area contributed by atoms with Crippen molar-refractivity contribution >= 4 is 17.3 Å². The summed E-state index contributed by atoms with van der Waals surface area (Å²) in [7, 11) is 0. The maximum Gasteiger partial charge on any atom is 0.170 e. The molecule has 0 saturated carbocycles. The van der Waals surface area contributed by atoms with Crippen LogP contribution in [0.25, 0.3) is 5.69 Å². The maximum atomic E-state index is 14.6.